The first-order valence-corrected chi connectivity index (χ1v) is 9.20. The number of nitrogens with two attached hydrogens (primary N) is 1. The van der Waals surface area contributed by atoms with Crippen molar-refractivity contribution in [3.63, 3.8) is 0 Å². The van der Waals surface area contributed by atoms with Crippen molar-refractivity contribution < 1.29 is 8.42 Å². The first kappa shape index (κ1) is 16.6. The molecule has 1 aromatic heterocycles. The summed E-state index contributed by atoms with van der Waals surface area (Å²) in [6.45, 7) is 5.50. The highest BCUT2D eigenvalue weighted by Crippen LogP contribution is 2.14. The van der Waals surface area contributed by atoms with Crippen LogP contribution < -0.4 is 10.5 Å². The van der Waals surface area contributed by atoms with Crippen molar-refractivity contribution >= 4 is 21.8 Å². The molecule has 0 fully saturated rings. The van der Waals surface area contributed by atoms with Crippen molar-refractivity contribution in [3.8, 4) is 0 Å². The zero-order chi connectivity index (χ0) is 14.5. The van der Waals surface area contributed by atoms with Crippen molar-refractivity contribution in [1.82, 2.24) is 9.29 Å². The largest absolute Gasteiger partial charge is 0.349 e. The van der Waals surface area contributed by atoms with Gasteiger partial charge in [-0.2, -0.15) is 11.8 Å². The highest BCUT2D eigenvalue weighted by molar-refractivity contribution is 7.98. The molecule has 0 aromatic carbocycles. The fraction of sp³-hybridized carbons (Fsp3) is 0.667. The molecule has 0 spiro atoms. The second-order valence-electron chi connectivity index (χ2n) is 4.57. The molecule has 7 heteroatoms. The van der Waals surface area contributed by atoms with Crippen LogP contribution in [0.4, 0.5) is 0 Å². The minimum atomic E-state index is -3.43. The lowest BCUT2D eigenvalue weighted by Gasteiger charge is -2.10. The molecule has 1 rings (SSSR count). The molecule has 19 heavy (non-hydrogen) atoms. The van der Waals surface area contributed by atoms with Crippen LogP contribution in [0.1, 0.15) is 19.5 Å². The number of nitrogens with zero attached hydrogens (tertiary/aromatic N) is 1. The molecule has 1 aromatic rings. The summed E-state index contributed by atoms with van der Waals surface area (Å²) in [6, 6.07) is 1.64. The van der Waals surface area contributed by atoms with E-state index in [9.17, 15) is 8.42 Å². The summed E-state index contributed by atoms with van der Waals surface area (Å²) >= 11 is 1.71. The first-order chi connectivity index (χ1) is 8.94. The number of sulfonamides is 1. The third-order valence-electron chi connectivity index (χ3n) is 2.89. The van der Waals surface area contributed by atoms with Crippen LogP contribution in [0.5, 0.6) is 0 Å². The van der Waals surface area contributed by atoms with Crippen LogP contribution in [0.25, 0.3) is 0 Å². The predicted molar refractivity (Wildman–Crippen MR) is 80.7 cm³/mol. The Kier molecular flexibility index (Phi) is 6.38. The topological polar surface area (TPSA) is 77.1 Å². The standard InChI is InChI=1S/C12H23N3O2S2/c1-4-15-8-12(5-11(15)6-13)19(16,17)14-7-10(2)9-18-3/h5,8,10,14H,4,6-7,9,13H2,1-3H3. The minimum Gasteiger partial charge on any atom is -0.349 e. The molecule has 5 nitrogen and oxygen atoms in total. The summed E-state index contributed by atoms with van der Waals surface area (Å²) in [5.74, 6) is 1.25. The highest BCUT2D eigenvalue weighted by atomic mass is 32.2. The maximum Gasteiger partial charge on any atom is 0.242 e. The van der Waals surface area contributed by atoms with Gasteiger partial charge in [0.2, 0.25) is 10.0 Å². The third kappa shape index (κ3) is 4.52. The Morgan fingerprint density at radius 1 is 1.53 bits per heavy atom. The number of rotatable bonds is 8. The minimum absolute atomic E-state index is 0.297. The highest BCUT2D eigenvalue weighted by Gasteiger charge is 2.18. The predicted octanol–water partition coefficient (Wildman–Crippen LogP) is 1.24. The summed E-state index contributed by atoms with van der Waals surface area (Å²) in [5, 5.41) is 0. The monoisotopic (exact) mass is 305 g/mol. The Hall–Kier alpha value is -0.500. The maximum atomic E-state index is 12.2. The Morgan fingerprint density at radius 2 is 2.21 bits per heavy atom. The molecular weight excluding hydrogens is 282 g/mol. The van der Waals surface area contributed by atoms with Crippen molar-refractivity contribution in [2.24, 2.45) is 11.7 Å². The number of aryl methyl sites for hydroxylation is 1. The molecule has 0 bridgehead atoms. The van der Waals surface area contributed by atoms with Crippen molar-refractivity contribution in [1.29, 1.82) is 0 Å². The van der Waals surface area contributed by atoms with Gasteiger partial charge in [-0.3, -0.25) is 0 Å². The first-order valence-electron chi connectivity index (χ1n) is 6.32. The van der Waals surface area contributed by atoms with Crippen LogP contribution in [0.15, 0.2) is 17.2 Å². The Morgan fingerprint density at radius 3 is 2.68 bits per heavy atom. The van der Waals surface area contributed by atoms with Gasteiger partial charge in [-0.05, 0) is 30.9 Å². The number of thioether (sulfide) groups is 1. The average molecular weight is 305 g/mol. The smallest absolute Gasteiger partial charge is 0.242 e. The molecule has 0 aliphatic carbocycles. The second kappa shape index (κ2) is 7.33. The Balaban J connectivity index is 2.79. The quantitative estimate of drug-likeness (QED) is 0.757. The normalized spacial score (nSPS) is 13.7. The molecule has 0 saturated heterocycles. The van der Waals surface area contributed by atoms with Crippen LogP contribution in [0, 0.1) is 5.92 Å². The zero-order valence-electron chi connectivity index (χ0n) is 11.7. The number of nitrogens with one attached hydrogen (secondary N) is 1. The van der Waals surface area contributed by atoms with Gasteiger partial charge in [-0.15, -0.1) is 0 Å². The van der Waals surface area contributed by atoms with Crippen LogP contribution in [0.3, 0.4) is 0 Å². The summed E-state index contributed by atoms with van der Waals surface area (Å²) in [4.78, 5) is 0.297. The average Bonchev–Trinajstić information content (AvgIpc) is 2.81. The van der Waals surface area contributed by atoms with Gasteiger partial charge < -0.3 is 10.3 Å². The molecule has 1 atom stereocenters. The zero-order valence-corrected chi connectivity index (χ0v) is 13.4. The van der Waals surface area contributed by atoms with E-state index in [4.69, 9.17) is 5.73 Å². The molecule has 0 saturated carbocycles. The molecule has 3 N–H and O–H groups in total. The molecule has 0 amide bonds. The van der Waals surface area contributed by atoms with Crippen LogP contribution in [0.2, 0.25) is 0 Å². The SMILES string of the molecule is CCn1cc(S(=O)(=O)NCC(C)CSC)cc1CN. The van der Waals surface area contributed by atoms with Gasteiger partial charge in [0, 0.05) is 31.5 Å². The van der Waals surface area contributed by atoms with Gasteiger partial charge in [0.25, 0.3) is 0 Å². The van der Waals surface area contributed by atoms with Gasteiger partial charge in [-0.1, -0.05) is 6.92 Å². The van der Waals surface area contributed by atoms with Crippen molar-refractivity contribution in [3.05, 3.63) is 18.0 Å². The van der Waals surface area contributed by atoms with E-state index >= 15 is 0 Å². The van der Waals surface area contributed by atoms with E-state index in [1.54, 1.807) is 24.0 Å². The summed E-state index contributed by atoms with van der Waals surface area (Å²) in [5.41, 5.74) is 6.44. The molecule has 0 radical (unpaired) electrons. The lowest BCUT2D eigenvalue weighted by molar-refractivity contribution is 0.562. The number of aromatic nitrogens is 1. The molecule has 0 aliphatic rings. The van der Waals surface area contributed by atoms with E-state index < -0.39 is 10.0 Å². The van der Waals surface area contributed by atoms with Crippen LogP contribution >= 0.6 is 11.8 Å². The Labute approximate surface area is 120 Å². The Bertz CT molecular complexity index is 476. The van der Waals surface area contributed by atoms with Crippen molar-refractivity contribution in [2.45, 2.75) is 31.8 Å². The lowest BCUT2D eigenvalue weighted by atomic mass is 10.2. The van der Waals surface area contributed by atoms with Crippen LogP contribution in [-0.2, 0) is 23.1 Å². The van der Waals surface area contributed by atoms with E-state index in [0.717, 1.165) is 11.4 Å². The van der Waals surface area contributed by atoms with Gasteiger partial charge in [0.05, 0.1) is 4.90 Å². The van der Waals surface area contributed by atoms with E-state index in [2.05, 4.69) is 4.72 Å². The summed E-state index contributed by atoms with van der Waals surface area (Å²) < 4.78 is 28.8. The second-order valence-corrected chi connectivity index (χ2v) is 7.25. The van der Waals surface area contributed by atoms with Gasteiger partial charge in [-0.25, -0.2) is 13.1 Å². The maximum absolute atomic E-state index is 12.2. The number of hydrogen-bond donors (Lipinski definition) is 2. The van der Waals surface area contributed by atoms with Crippen molar-refractivity contribution in [2.75, 3.05) is 18.6 Å². The fourth-order valence-corrected chi connectivity index (χ4v) is 3.73. The number of hydrogen-bond acceptors (Lipinski definition) is 4. The summed E-state index contributed by atoms with van der Waals surface area (Å²) in [7, 11) is -3.43. The van der Waals surface area contributed by atoms with Gasteiger partial charge in [0.15, 0.2) is 0 Å². The van der Waals surface area contributed by atoms with E-state index in [0.29, 0.717) is 30.4 Å². The van der Waals surface area contributed by atoms with Gasteiger partial charge >= 0.3 is 0 Å². The van der Waals surface area contributed by atoms with Crippen LogP contribution in [-0.4, -0.2) is 31.5 Å². The third-order valence-corrected chi connectivity index (χ3v) is 5.19. The van der Waals surface area contributed by atoms with E-state index in [-0.39, 0.29) is 0 Å². The molecular formula is C12H23N3O2S2. The molecule has 110 valence electrons. The van der Waals surface area contributed by atoms with Gasteiger partial charge in [0.1, 0.15) is 0 Å². The molecule has 1 unspecified atom stereocenters. The summed E-state index contributed by atoms with van der Waals surface area (Å²) in [6.07, 6.45) is 3.66. The molecule has 0 aliphatic heterocycles. The van der Waals surface area contributed by atoms with E-state index in [1.807, 2.05) is 24.7 Å². The fourth-order valence-electron chi connectivity index (χ4n) is 1.82. The van der Waals surface area contributed by atoms with E-state index in [1.165, 1.54) is 0 Å². The lowest BCUT2D eigenvalue weighted by Crippen LogP contribution is -2.29. The molecule has 1 heterocycles.